The smallest absolute Gasteiger partial charge is 0.133 e. The molecule has 0 aliphatic carbocycles. The predicted octanol–water partition coefficient (Wildman–Crippen LogP) is 2.92. The summed E-state index contributed by atoms with van der Waals surface area (Å²) in [7, 11) is 0. The Labute approximate surface area is 124 Å². The number of aromatic nitrogens is 1. The van der Waals surface area contributed by atoms with E-state index < -0.39 is 0 Å². The number of nitrogens with zero attached hydrogens (tertiary/aromatic N) is 3. The van der Waals surface area contributed by atoms with E-state index in [1.807, 2.05) is 13.0 Å². The van der Waals surface area contributed by atoms with E-state index in [1.165, 1.54) is 5.56 Å². The van der Waals surface area contributed by atoms with Crippen LogP contribution in [0.2, 0.25) is 0 Å². The van der Waals surface area contributed by atoms with Crippen LogP contribution in [0.25, 0.3) is 0 Å². The molecule has 0 aromatic carbocycles. The monoisotopic (exact) mass is 291 g/mol. The van der Waals surface area contributed by atoms with Crippen LogP contribution >= 0.6 is 11.3 Å². The van der Waals surface area contributed by atoms with E-state index in [2.05, 4.69) is 38.7 Å². The quantitative estimate of drug-likeness (QED) is 0.867. The average Bonchev–Trinajstić information content (AvgIpc) is 3.11. The average molecular weight is 291 g/mol. The molecule has 0 N–H and O–H groups in total. The van der Waals surface area contributed by atoms with Gasteiger partial charge in [0.1, 0.15) is 5.76 Å². The summed E-state index contributed by atoms with van der Waals surface area (Å²) in [5.41, 5.74) is 2.48. The Balaban J connectivity index is 1.52. The Morgan fingerprint density at radius 1 is 1.35 bits per heavy atom. The molecule has 2 aromatic rings. The summed E-state index contributed by atoms with van der Waals surface area (Å²) in [6.45, 7) is 9.58. The van der Waals surface area contributed by atoms with Crippen LogP contribution in [0.1, 0.15) is 30.0 Å². The first-order valence-electron chi connectivity index (χ1n) is 7.13. The number of thiophene rings is 1. The fourth-order valence-electron chi connectivity index (χ4n) is 2.75. The van der Waals surface area contributed by atoms with Gasteiger partial charge in [0.2, 0.25) is 0 Å². The molecule has 0 radical (unpaired) electrons. The first kappa shape index (κ1) is 13.8. The lowest BCUT2D eigenvalue weighted by atomic mass is 10.1. The van der Waals surface area contributed by atoms with E-state index >= 15 is 0 Å². The third-order valence-electron chi connectivity index (χ3n) is 4.04. The molecule has 1 aliphatic rings. The summed E-state index contributed by atoms with van der Waals surface area (Å²) in [6, 6.07) is 4.79. The first-order valence-corrected chi connectivity index (χ1v) is 8.07. The van der Waals surface area contributed by atoms with Crippen molar-refractivity contribution in [2.24, 2.45) is 0 Å². The van der Waals surface area contributed by atoms with Crippen molar-refractivity contribution in [3.8, 4) is 0 Å². The Morgan fingerprint density at radius 3 is 2.75 bits per heavy atom. The van der Waals surface area contributed by atoms with Crippen LogP contribution in [0.4, 0.5) is 0 Å². The van der Waals surface area contributed by atoms with E-state index in [0.717, 1.165) is 44.2 Å². The molecule has 4 nitrogen and oxygen atoms in total. The maximum atomic E-state index is 5.13. The minimum absolute atomic E-state index is 0.526. The molecule has 1 aliphatic heterocycles. The number of rotatable bonds is 4. The van der Waals surface area contributed by atoms with E-state index in [-0.39, 0.29) is 0 Å². The molecule has 108 valence electrons. The molecule has 0 unspecified atom stereocenters. The van der Waals surface area contributed by atoms with Gasteiger partial charge in [-0.15, -0.1) is 0 Å². The van der Waals surface area contributed by atoms with Crippen LogP contribution in [-0.2, 0) is 6.54 Å². The highest BCUT2D eigenvalue weighted by Crippen LogP contribution is 2.23. The summed E-state index contributed by atoms with van der Waals surface area (Å²) >= 11 is 1.78. The van der Waals surface area contributed by atoms with Gasteiger partial charge in [0, 0.05) is 44.8 Å². The van der Waals surface area contributed by atoms with Gasteiger partial charge in [-0.1, -0.05) is 5.16 Å². The molecule has 5 heteroatoms. The van der Waals surface area contributed by atoms with E-state index in [9.17, 15) is 0 Å². The number of hydrogen-bond donors (Lipinski definition) is 0. The van der Waals surface area contributed by atoms with Crippen LogP contribution in [0.15, 0.2) is 27.4 Å². The van der Waals surface area contributed by atoms with Crippen molar-refractivity contribution in [2.75, 3.05) is 26.2 Å². The molecule has 1 atom stereocenters. The van der Waals surface area contributed by atoms with Crippen LogP contribution in [-0.4, -0.2) is 41.1 Å². The highest BCUT2D eigenvalue weighted by Gasteiger charge is 2.22. The third-order valence-corrected chi connectivity index (χ3v) is 4.74. The lowest BCUT2D eigenvalue weighted by Crippen LogP contribution is -2.46. The summed E-state index contributed by atoms with van der Waals surface area (Å²) < 4.78 is 5.13. The minimum Gasteiger partial charge on any atom is -0.361 e. The second kappa shape index (κ2) is 6.08. The number of piperazine rings is 1. The second-order valence-corrected chi connectivity index (χ2v) is 6.25. The van der Waals surface area contributed by atoms with Crippen molar-refractivity contribution >= 4 is 11.3 Å². The molecule has 3 rings (SSSR count). The largest absolute Gasteiger partial charge is 0.361 e. The Morgan fingerprint density at radius 2 is 2.15 bits per heavy atom. The maximum Gasteiger partial charge on any atom is 0.133 e. The minimum atomic E-state index is 0.526. The van der Waals surface area contributed by atoms with Crippen molar-refractivity contribution in [2.45, 2.75) is 26.4 Å². The molecule has 1 fully saturated rings. The van der Waals surface area contributed by atoms with Gasteiger partial charge in [0.25, 0.3) is 0 Å². The third kappa shape index (κ3) is 3.11. The summed E-state index contributed by atoms with van der Waals surface area (Å²) in [5.74, 6) is 0.893. The van der Waals surface area contributed by atoms with Crippen molar-refractivity contribution in [1.82, 2.24) is 15.0 Å². The molecule has 0 amide bonds. The molecule has 20 heavy (non-hydrogen) atoms. The Kier molecular flexibility index (Phi) is 4.19. The fraction of sp³-hybridized carbons (Fsp3) is 0.533. The summed E-state index contributed by atoms with van der Waals surface area (Å²) in [4.78, 5) is 5.01. The van der Waals surface area contributed by atoms with Crippen LogP contribution in [0, 0.1) is 6.92 Å². The molecule has 1 saturated heterocycles. The topological polar surface area (TPSA) is 32.5 Å². The molecule has 0 bridgehead atoms. The standard InChI is InChI=1S/C15H21N3OS/c1-12-9-15(16-19-12)10-17-4-6-18(7-5-17)13(2)14-3-8-20-11-14/h3,8-9,11,13H,4-7,10H2,1-2H3/t13-/m1/s1. The molecule has 0 saturated carbocycles. The van der Waals surface area contributed by atoms with E-state index in [1.54, 1.807) is 11.3 Å². The highest BCUT2D eigenvalue weighted by atomic mass is 32.1. The van der Waals surface area contributed by atoms with Gasteiger partial charge in [0.15, 0.2) is 0 Å². The van der Waals surface area contributed by atoms with Crippen LogP contribution < -0.4 is 0 Å². The van der Waals surface area contributed by atoms with Crippen LogP contribution in [0.3, 0.4) is 0 Å². The van der Waals surface area contributed by atoms with Gasteiger partial charge in [-0.05, 0) is 36.2 Å². The first-order chi connectivity index (χ1) is 9.72. The summed E-state index contributed by atoms with van der Waals surface area (Å²) in [6.07, 6.45) is 0. The highest BCUT2D eigenvalue weighted by molar-refractivity contribution is 7.07. The maximum absolute atomic E-state index is 5.13. The van der Waals surface area contributed by atoms with Gasteiger partial charge in [-0.25, -0.2) is 0 Å². The molecular weight excluding hydrogens is 270 g/mol. The van der Waals surface area contributed by atoms with Gasteiger partial charge in [0.05, 0.1) is 5.69 Å². The van der Waals surface area contributed by atoms with E-state index in [4.69, 9.17) is 4.52 Å². The van der Waals surface area contributed by atoms with Crippen LogP contribution in [0.5, 0.6) is 0 Å². The molecule has 2 aromatic heterocycles. The Hall–Kier alpha value is -1.17. The normalized spacial score (nSPS) is 19.3. The van der Waals surface area contributed by atoms with Gasteiger partial charge in [-0.3, -0.25) is 9.80 Å². The van der Waals surface area contributed by atoms with E-state index in [0.29, 0.717) is 6.04 Å². The van der Waals surface area contributed by atoms with Gasteiger partial charge in [-0.2, -0.15) is 11.3 Å². The van der Waals surface area contributed by atoms with Gasteiger partial charge < -0.3 is 4.52 Å². The molecule has 3 heterocycles. The zero-order valence-electron chi connectivity index (χ0n) is 12.1. The lowest BCUT2D eigenvalue weighted by Gasteiger charge is -2.37. The molecular formula is C15H21N3OS. The van der Waals surface area contributed by atoms with Crippen molar-refractivity contribution in [3.63, 3.8) is 0 Å². The fourth-order valence-corrected chi connectivity index (χ4v) is 3.50. The second-order valence-electron chi connectivity index (χ2n) is 5.47. The van der Waals surface area contributed by atoms with Gasteiger partial charge >= 0.3 is 0 Å². The van der Waals surface area contributed by atoms with Crippen molar-refractivity contribution < 1.29 is 4.52 Å². The predicted molar refractivity (Wildman–Crippen MR) is 80.8 cm³/mol. The zero-order chi connectivity index (χ0) is 13.9. The SMILES string of the molecule is Cc1cc(CN2CCN([C@H](C)c3ccsc3)CC2)no1. The number of aryl methyl sites for hydroxylation is 1. The van der Waals surface area contributed by atoms with Crippen molar-refractivity contribution in [1.29, 1.82) is 0 Å². The van der Waals surface area contributed by atoms with Crippen molar-refractivity contribution in [3.05, 3.63) is 39.9 Å². The summed E-state index contributed by atoms with van der Waals surface area (Å²) in [5, 5.41) is 8.50. The number of hydrogen-bond acceptors (Lipinski definition) is 5. The Bertz CT molecular complexity index is 529. The lowest BCUT2D eigenvalue weighted by molar-refractivity contribution is 0.0965. The molecule has 0 spiro atoms. The zero-order valence-corrected chi connectivity index (χ0v) is 12.9.